The Hall–Kier alpha value is -2.04. The van der Waals surface area contributed by atoms with Crippen molar-refractivity contribution in [2.24, 2.45) is 0 Å². The average molecular weight is 450 g/mol. The van der Waals surface area contributed by atoms with Crippen LogP contribution >= 0.6 is 23.8 Å². The number of para-hydroxylation sites is 1. The van der Waals surface area contributed by atoms with Gasteiger partial charge in [-0.2, -0.15) is 9.40 Å². The summed E-state index contributed by atoms with van der Waals surface area (Å²) in [6.07, 6.45) is 1.71. The number of rotatable bonds is 5. The van der Waals surface area contributed by atoms with E-state index in [1.165, 1.54) is 4.31 Å². The van der Waals surface area contributed by atoms with Crippen molar-refractivity contribution in [2.75, 3.05) is 26.2 Å². The van der Waals surface area contributed by atoms with Gasteiger partial charge in [-0.15, -0.1) is 0 Å². The van der Waals surface area contributed by atoms with Crippen molar-refractivity contribution in [1.82, 2.24) is 23.6 Å². The van der Waals surface area contributed by atoms with Gasteiger partial charge >= 0.3 is 0 Å². The Bertz CT molecular complexity index is 1140. The van der Waals surface area contributed by atoms with Crippen LogP contribution in [0.15, 0.2) is 65.8 Å². The van der Waals surface area contributed by atoms with Crippen LogP contribution in [0, 0.1) is 4.77 Å². The Kier molecular flexibility index (Phi) is 5.84. The molecule has 0 saturated carbocycles. The van der Waals surface area contributed by atoms with E-state index in [9.17, 15) is 8.42 Å². The summed E-state index contributed by atoms with van der Waals surface area (Å²) in [4.78, 5) is 2.41. The van der Waals surface area contributed by atoms with Gasteiger partial charge < -0.3 is 0 Å². The van der Waals surface area contributed by atoms with Gasteiger partial charge in [0.1, 0.15) is 6.33 Å². The number of benzene rings is 2. The molecule has 1 aliphatic rings. The number of sulfonamides is 1. The first-order chi connectivity index (χ1) is 13.9. The summed E-state index contributed by atoms with van der Waals surface area (Å²) in [7, 11) is -3.51. The first-order valence-corrected chi connectivity index (χ1v) is 11.4. The predicted octanol–water partition coefficient (Wildman–Crippen LogP) is 3.02. The Balaban J connectivity index is 1.41. The molecule has 7 nitrogen and oxygen atoms in total. The topological polar surface area (TPSA) is 63.4 Å². The molecular weight excluding hydrogens is 430 g/mol. The van der Waals surface area contributed by atoms with Crippen LogP contribution in [0.2, 0.25) is 5.02 Å². The number of hydrogen-bond acceptors (Lipinski definition) is 5. The van der Waals surface area contributed by atoms with Crippen LogP contribution in [0.25, 0.3) is 5.69 Å². The minimum atomic E-state index is -3.51. The van der Waals surface area contributed by atoms with E-state index in [2.05, 4.69) is 10.00 Å². The third-order valence-corrected chi connectivity index (χ3v) is 7.46. The molecule has 1 saturated heterocycles. The molecule has 1 aliphatic heterocycles. The predicted molar refractivity (Wildman–Crippen MR) is 114 cm³/mol. The molecule has 10 heteroatoms. The highest BCUT2D eigenvalue weighted by molar-refractivity contribution is 7.89. The minimum Gasteiger partial charge on any atom is -0.282 e. The highest BCUT2D eigenvalue weighted by Gasteiger charge is 2.28. The molecule has 0 radical (unpaired) electrons. The van der Waals surface area contributed by atoms with E-state index in [-0.39, 0.29) is 4.90 Å². The second-order valence-corrected chi connectivity index (χ2v) is 9.48. The van der Waals surface area contributed by atoms with Crippen molar-refractivity contribution >= 4 is 33.8 Å². The van der Waals surface area contributed by atoms with Gasteiger partial charge in [-0.05, 0) is 48.6 Å². The lowest BCUT2D eigenvalue weighted by Crippen LogP contribution is -2.48. The monoisotopic (exact) mass is 449 g/mol. The Labute approximate surface area is 179 Å². The second-order valence-electron chi connectivity index (χ2n) is 6.74. The molecule has 0 unspecified atom stereocenters. The van der Waals surface area contributed by atoms with Gasteiger partial charge in [0.15, 0.2) is 0 Å². The zero-order chi connectivity index (χ0) is 20.4. The zero-order valence-corrected chi connectivity index (χ0v) is 17.9. The molecule has 0 aliphatic carbocycles. The third-order valence-electron chi connectivity index (χ3n) is 4.88. The van der Waals surface area contributed by atoms with Gasteiger partial charge in [0.2, 0.25) is 14.8 Å². The molecule has 3 aromatic rings. The fraction of sp³-hybridized carbons (Fsp3) is 0.263. The van der Waals surface area contributed by atoms with Gasteiger partial charge in [-0.1, -0.05) is 29.8 Å². The van der Waals surface area contributed by atoms with Crippen LogP contribution in [0.1, 0.15) is 0 Å². The molecule has 1 fully saturated rings. The summed E-state index contributed by atoms with van der Waals surface area (Å²) < 4.78 is 31.3. The fourth-order valence-corrected chi connectivity index (χ4v) is 5.06. The standard InChI is InChI=1S/C19H20ClN5O2S2/c20-16-6-8-18(9-7-16)29(26,27)23-12-10-22(11-13-23)15-25-19(28)24(14-21-25)17-4-2-1-3-5-17/h1-9,14H,10-13,15H2. The molecule has 0 N–H and O–H groups in total. The van der Waals surface area contributed by atoms with Crippen LogP contribution in [0.5, 0.6) is 0 Å². The third kappa shape index (κ3) is 4.29. The molecule has 2 heterocycles. The van der Waals surface area contributed by atoms with Crippen molar-refractivity contribution in [2.45, 2.75) is 11.6 Å². The van der Waals surface area contributed by atoms with Gasteiger partial charge in [0, 0.05) is 36.9 Å². The summed E-state index contributed by atoms with van der Waals surface area (Å²) in [6.45, 7) is 2.56. The van der Waals surface area contributed by atoms with Crippen molar-refractivity contribution < 1.29 is 8.42 Å². The molecule has 152 valence electrons. The lowest BCUT2D eigenvalue weighted by molar-refractivity contribution is 0.144. The van der Waals surface area contributed by atoms with Gasteiger partial charge in [-0.25, -0.2) is 13.1 Å². The van der Waals surface area contributed by atoms with Crippen molar-refractivity contribution in [3.8, 4) is 5.69 Å². The van der Waals surface area contributed by atoms with Gasteiger partial charge in [0.25, 0.3) is 0 Å². The minimum absolute atomic E-state index is 0.263. The molecule has 0 atom stereocenters. The van der Waals surface area contributed by atoms with E-state index >= 15 is 0 Å². The molecule has 4 rings (SSSR count). The smallest absolute Gasteiger partial charge is 0.243 e. The Morgan fingerprint density at radius 1 is 0.966 bits per heavy atom. The van der Waals surface area contributed by atoms with E-state index in [0.717, 1.165) is 5.69 Å². The van der Waals surface area contributed by atoms with E-state index in [1.807, 2.05) is 34.9 Å². The van der Waals surface area contributed by atoms with E-state index in [1.54, 1.807) is 35.3 Å². The van der Waals surface area contributed by atoms with Gasteiger partial charge in [0.05, 0.1) is 11.6 Å². The largest absolute Gasteiger partial charge is 0.282 e. The first kappa shape index (κ1) is 20.2. The molecule has 0 bridgehead atoms. The molecule has 0 amide bonds. The van der Waals surface area contributed by atoms with Crippen molar-refractivity contribution in [3.05, 3.63) is 70.7 Å². The van der Waals surface area contributed by atoms with Crippen molar-refractivity contribution in [3.63, 3.8) is 0 Å². The molecule has 0 spiro atoms. The quantitative estimate of drug-likeness (QED) is 0.560. The Morgan fingerprint density at radius 3 is 2.28 bits per heavy atom. The van der Waals surface area contributed by atoms with Crippen LogP contribution < -0.4 is 0 Å². The number of nitrogens with zero attached hydrogens (tertiary/aromatic N) is 5. The Morgan fingerprint density at radius 2 is 1.62 bits per heavy atom. The first-order valence-electron chi connectivity index (χ1n) is 9.13. The maximum atomic E-state index is 12.8. The number of hydrogen-bond donors (Lipinski definition) is 0. The van der Waals surface area contributed by atoms with Crippen molar-refractivity contribution in [1.29, 1.82) is 0 Å². The van der Waals surface area contributed by atoms with Crippen LogP contribution in [0.4, 0.5) is 0 Å². The maximum absolute atomic E-state index is 12.8. The van der Waals surface area contributed by atoms with E-state index < -0.39 is 10.0 Å². The molecule has 1 aromatic heterocycles. The highest BCUT2D eigenvalue weighted by atomic mass is 35.5. The summed E-state index contributed by atoms with van der Waals surface area (Å²) >= 11 is 11.4. The van der Waals surface area contributed by atoms with Crippen LogP contribution in [-0.2, 0) is 16.7 Å². The summed E-state index contributed by atoms with van der Waals surface area (Å²) in [6, 6.07) is 16.1. The summed E-state index contributed by atoms with van der Waals surface area (Å²) in [5.41, 5.74) is 0.961. The lowest BCUT2D eigenvalue weighted by atomic mass is 10.3. The molecular formula is C19H20ClN5O2S2. The zero-order valence-electron chi connectivity index (χ0n) is 15.6. The van der Waals surface area contributed by atoms with Crippen LogP contribution in [-0.4, -0.2) is 58.1 Å². The average Bonchev–Trinajstić information content (AvgIpc) is 3.09. The fourth-order valence-electron chi connectivity index (χ4n) is 3.26. The summed E-state index contributed by atoms with van der Waals surface area (Å²) in [5.74, 6) is 0. The van der Waals surface area contributed by atoms with Crippen LogP contribution in [0.3, 0.4) is 0 Å². The SMILES string of the molecule is O=S(=O)(c1ccc(Cl)cc1)N1CCN(Cn2ncn(-c3ccccc3)c2=S)CC1. The number of piperazine rings is 1. The second kappa shape index (κ2) is 8.37. The molecule has 29 heavy (non-hydrogen) atoms. The van der Waals surface area contributed by atoms with E-state index in [4.69, 9.17) is 23.8 Å². The number of aromatic nitrogens is 3. The molecule has 2 aromatic carbocycles. The van der Waals surface area contributed by atoms with Gasteiger partial charge in [-0.3, -0.25) is 9.47 Å². The highest BCUT2D eigenvalue weighted by Crippen LogP contribution is 2.20. The maximum Gasteiger partial charge on any atom is 0.243 e. The normalized spacial score (nSPS) is 16.2. The lowest BCUT2D eigenvalue weighted by Gasteiger charge is -2.33. The summed E-state index contributed by atoms with van der Waals surface area (Å²) in [5, 5.41) is 4.91. The van der Waals surface area contributed by atoms with E-state index in [0.29, 0.717) is 42.6 Å². The number of halogens is 1.